The molecule has 1 rings (SSSR count). The molecule has 1 aromatic carbocycles. The molecule has 0 saturated carbocycles. The molecule has 116 valence electrons. The van der Waals surface area contributed by atoms with E-state index >= 15 is 0 Å². The molecule has 0 spiro atoms. The van der Waals surface area contributed by atoms with Crippen LogP contribution in [0.3, 0.4) is 0 Å². The fourth-order valence-electron chi connectivity index (χ4n) is 1.39. The van der Waals surface area contributed by atoms with Crippen LogP contribution in [0.25, 0.3) is 0 Å². The van der Waals surface area contributed by atoms with E-state index in [2.05, 4.69) is 30.5 Å². The first-order valence-electron chi connectivity index (χ1n) is 6.58. The molecular weight excluding hydrogens is 289 g/mol. The average molecular weight is 311 g/mol. The quantitative estimate of drug-likeness (QED) is 0.331. The fourth-order valence-corrected chi connectivity index (χ4v) is 1.93. The molecule has 0 bridgehead atoms. The van der Waals surface area contributed by atoms with Gasteiger partial charge in [-0.1, -0.05) is 20.8 Å². The summed E-state index contributed by atoms with van der Waals surface area (Å²) in [5, 5.41) is 12.2. The first-order chi connectivity index (χ1) is 9.67. The molecule has 0 aliphatic carbocycles. The highest BCUT2D eigenvalue weighted by Crippen LogP contribution is 2.26. The Bertz CT molecular complexity index is 546. The first kappa shape index (κ1) is 17.4. The van der Waals surface area contributed by atoms with E-state index in [4.69, 9.17) is 10.8 Å². The Hall–Kier alpha value is -1.69. The maximum atomic E-state index is 13.9. The molecule has 21 heavy (non-hydrogen) atoms. The molecule has 0 aromatic heterocycles. The largest absolute Gasteiger partial charge is 0.512 e. The van der Waals surface area contributed by atoms with Gasteiger partial charge in [0.2, 0.25) is 0 Å². The van der Waals surface area contributed by atoms with E-state index in [9.17, 15) is 4.39 Å². The number of aliphatic hydroxyl groups excluding tert-OH is 1. The van der Waals surface area contributed by atoms with Crippen molar-refractivity contribution in [3.8, 4) is 0 Å². The lowest BCUT2D eigenvalue weighted by molar-refractivity contribution is 0.415. The van der Waals surface area contributed by atoms with Gasteiger partial charge in [-0.05, 0) is 30.5 Å². The minimum absolute atomic E-state index is 0.0547. The number of anilines is 1. The molecule has 0 heterocycles. The molecule has 0 radical (unpaired) electrons. The summed E-state index contributed by atoms with van der Waals surface area (Å²) in [6, 6.07) is 4.89. The average Bonchev–Trinajstić information content (AvgIpc) is 2.33. The fraction of sp³-hybridized carbons (Fsp3) is 0.400. The number of hydrogen-bond acceptors (Lipinski definition) is 4. The monoisotopic (exact) mass is 311 g/mol. The van der Waals surface area contributed by atoms with Crippen LogP contribution in [0.1, 0.15) is 27.7 Å². The summed E-state index contributed by atoms with van der Waals surface area (Å²) >= 11 is 0.934. The third kappa shape index (κ3) is 7.04. The zero-order valence-corrected chi connectivity index (χ0v) is 13.6. The minimum Gasteiger partial charge on any atom is -0.512 e. The van der Waals surface area contributed by atoms with Crippen LogP contribution in [0.5, 0.6) is 0 Å². The summed E-state index contributed by atoms with van der Waals surface area (Å²) in [5.74, 6) is -0.173. The Labute approximate surface area is 129 Å². The Morgan fingerprint density at radius 1 is 1.48 bits per heavy atom. The molecule has 0 aliphatic heterocycles. The lowest BCUT2D eigenvalue weighted by atomic mass is 9.97. The lowest BCUT2D eigenvalue weighted by Gasteiger charge is -2.19. The highest BCUT2D eigenvalue weighted by atomic mass is 32.2. The maximum Gasteiger partial charge on any atom is 0.140 e. The van der Waals surface area contributed by atoms with Crippen molar-refractivity contribution in [2.24, 2.45) is 15.5 Å². The zero-order valence-electron chi connectivity index (χ0n) is 12.8. The van der Waals surface area contributed by atoms with Crippen LogP contribution in [0.2, 0.25) is 0 Å². The van der Waals surface area contributed by atoms with Gasteiger partial charge in [-0.3, -0.25) is 0 Å². The summed E-state index contributed by atoms with van der Waals surface area (Å²) < 4.78 is 17.9. The number of allylic oxidation sites excluding steroid dienone is 1. The van der Waals surface area contributed by atoms with Crippen LogP contribution in [0.15, 0.2) is 39.3 Å². The van der Waals surface area contributed by atoms with Gasteiger partial charge in [0.25, 0.3) is 0 Å². The first-order valence-corrected chi connectivity index (χ1v) is 7.36. The van der Waals surface area contributed by atoms with E-state index in [1.807, 2.05) is 0 Å². The topological polar surface area (TPSA) is 70.6 Å². The number of benzene rings is 1. The molecule has 0 unspecified atom stereocenters. The molecule has 6 heteroatoms. The second-order valence-electron chi connectivity index (χ2n) is 5.95. The standard InChI is InChI=1S/C15H22FN3OS/c1-10(20)7-14(17)19-21-13-6-5-11(8-12(13)16)18-9-15(2,3)4/h5-8,18,20H,9H2,1-4H3,(H2,17,19)/b10-7-. The van der Waals surface area contributed by atoms with E-state index in [1.165, 1.54) is 19.1 Å². The Morgan fingerprint density at radius 3 is 2.67 bits per heavy atom. The van der Waals surface area contributed by atoms with Crippen LogP contribution >= 0.6 is 11.9 Å². The predicted octanol–water partition coefficient (Wildman–Crippen LogP) is 4.11. The van der Waals surface area contributed by atoms with Gasteiger partial charge in [-0.15, -0.1) is 0 Å². The highest BCUT2D eigenvalue weighted by molar-refractivity contribution is 7.98. The third-order valence-electron chi connectivity index (χ3n) is 2.36. The van der Waals surface area contributed by atoms with Gasteiger partial charge in [-0.2, -0.15) is 4.40 Å². The second-order valence-corrected chi connectivity index (χ2v) is 6.76. The van der Waals surface area contributed by atoms with Gasteiger partial charge < -0.3 is 16.2 Å². The molecule has 0 amide bonds. The normalized spacial score (nSPS) is 13.4. The number of halogens is 1. The van der Waals surface area contributed by atoms with Gasteiger partial charge in [0.1, 0.15) is 11.7 Å². The van der Waals surface area contributed by atoms with Crippen molar-refractivity contribution in [1.29, 1.82) is 0 Å². The van der Waals surface area contributed by atoms with Crippen molar-refractivity contribution in [2.45, 2.75) is 32.6 Å². The van der Waals surface area contributed by atoms with Crippen molar-refractivity contribution in [1.82, 2.24) is 0 Å². The Morgan fingerprint density at radius 2 is 2.14 bits per heavy atom. The number of nitrogens with zero attached hydrogens (tertiary/aromatic N) is 1. The van der Waals surface area contributed by atoms with Crippen molar-refractivity contribution < 1.29 is 9.50 Å². The number of hydrogen-bond donors (Lipinski definition) is 3. The number of nitrogens with two attached hydrogens (primary N) is 1. The molecular formula is C15H22FN3OS. The maximum absolute atomic E-state index is 13.9. The van der Waals surface area contributed by atoms with Crippen molar-refractivity contribution in [2.75, 3.05) is 11.9 Å². The Balaban J connectivity index is 2.73. The summed E-state index contributed by atoms with van der Waals surface area (Å²) in [4.78, 5) is 0.378. The van der Waals surface area contributed by atoms with Gasteiger partial charge >= 0.3 is 0 Å². The molecule has 1 aromatic rings. The molecule has 4 nitrogen and oxygen atoms in total. The van der Waals surface area contributed by atoms with Crippen LogP contribution in [-0.4, -0.2) is 17.5 Å². The van der Waals surface area contributed by atoms with Gasteiger partial charge in [-0.25, -0.2) is 4.39 Å². The van der Waals surface area contributed by atoms with E-state index in [0.29, 0.717) is 4.90 Å². The SMILES string of the molecule is C/C(O)=C/C(N)=N\Sc1ccc(NCC(C)(C)C)cc1F. The number of nitrogens with one attached hydrogen (secondary N) is 1. The highest BCUT2D eigenvalue weighted by Gasteiger charge is 2.10. The molecule has 4 N–H and O–H groups in total. The van der Waals surface area contributed by atoms with E-state index in [1.54, 1.807) is 12.1 Å². The molecule has 0 fully saturated rings. The van der Waals surface area contributed by atoms with Crippen LogP contribution in [-0.2, 0) is 0 Å². The number of amidine groups is 1. The summed E-state index contributed by atoms with van der Waals surface area (Å²) in [6.07, 6.45) is 1.31. The summed E-state index contributed by atoms with van der Waals surface area (Å²) in [7, 11) is 0. The predicted molar refractivity (Wildman–Crippen MR) is 88.2 cm³/mol. The van der Waals surface area contributed by atoms with Gasteiger partial charge in [0.15, 0.2) is 0 Å². The minimum atomic E-state index is -0.361. The molecule has 0 atom stereocenters. The zero-order chi connectivity index (χ0) is 16.0. The number of aliphatic hydroxyl groups is 1. The van der Waals surface area contributed by atoms with Gasteiger partial charge in [0, 0.05) is 30.3 Å². The van der Waals surface area contributed by atoms with Crippen LogP contribution < -0.4 is 11.1 Å². The third-order valence-corrected chi connectivity index (χ3v) is 3.19. The summed E-state index contributed by atoms with van der Waals surface area (Å²) in [5.41, 5.74) is 6.41. The number of rotatable bonds is 5. The molecule has 0 saturated heterocycles. The lowest BCUT2D eigenvalue weighted by Crippen LogP contribution is -2.19. The van der Waals surface area contributed by atoms with E-state index in [-0.39, 0.29) is 22.8 Å². The smallest absolute Gasteiger partial charge is 0.140 e. The Kier molecular flexibility index (Phi) is 6.08. The molecule has 0 aliphatic rings. The van der Waals surface area contributed by atoms with E-state index in [0.717, 1.165) is 24.2 Å². The second kappa shape index (κ2) is 7.36. The van der Waals surface area contributed by atoms with Crippen molar-refractivity contribution in [3.63, 3.8) is 0 Å². The van der Waals surface area contributed by atoms with Crippen LogP contribution in [0.4, 0.5) is 10.1 Å². The van der Waals surface area contributed by atoms with Crippen molar-refractivity contribution in [3.05, 3.63) is 35.9 Å². The summed E-state index contributed by atoms with van der Waals surface area (Å²) in [6.45, 7) is 8.56. The van der Waals surface area contributed by atoms with Crippen molar-refractivity contribution >= 4 is 23.5 Å². The van der Waals surface area contributed by atoms with Crippen LogP contribution in [0, 0.1) is 11.2 Å². The van der Waals surface area contributed by atoms with Gasteiger partial charge in [0.05, 0.1) is 10.7 Å². The van der Waals surface area contributed by atoms with E-state index < -0.39 is 0 Å².